The molecule has 2 aromatic carbocycles. The monoisotopic (exact) mass is 467 g/mol. The van der Waals surface area contributed by atoms with Crippen LogP contribution in [0.2, 0.25) is 5.02 Å². The number of benzene rings is 2. The van der Waals surface area contributed by atoms with Gasteiger partial charge in [0.1, 0.15) is 5.69 Å². The molecule has 0 saturated carbocycles. The average Bonchev–Trinajstić information content (AvgIpc) is 3.33. The van der Waals surface area contributed by atoms with Crippen LogP contribution in [0.4, 0.5) is 11.4 Å². The van der Waals surface area contributed by atoms with Gasteiger partial charge >= 0.3 is 0 Å². The van der Waals surface area contributed by atoms with E-state index in [0.717, 1.165) is 0 Å². The second-order valence-corrected chi connectivity index (χ2v) is 7.32. The number of nitrogens with zero attached hydrogens (tertiary/aromatic N) is 2. The maximum absolute atomic E-state index is 12.9. The van der Waals surface area contributed by atoms with Gasteiger partial charge in [-0.05, 0) is 42.5 Å². The number of aromatic nitrogens is 1. The number of thiocarbonyl (C=S) groups is 1. The summed E-state index contributed by atoms with van der Waals surface area (Å²) < 4.78 is 5.40. The summed E-state index contributed by atoms with van der Waals surface area (Å²) in [6.07, 6.45) is 1.52. The Bertz CT molecular complexity index is 1340. The molecule has 2 aromatic heterocycles. The van der Waals surface area contributed by atoms with Crippen LogP contribution in [-0.4, -0.2) is 20.9 Å². The third kappa shape index (κ3) is 4.51. The highest BCUT2D eigenvalue weighted by Crippen LogP contribution is 2.27. The lowest BCUT2D eigenvalue weighted by molar-refractivity contribution is -0.384. The minimum atomic E-state index is -0.551. The van der Waals surface area contributed by atoms with E-state index in [-0.39, 0.29) is 21.5 Å². The Morgan fingerprint density at radius 2 is 1.91 bits per heavy atom. The zero-order valence-electron chi connectivity index (χ0n) is 16.2. The van der Waals surface area contributed by atoms with E-state index in [1.54, 1.807) is 36.4 Å². The fraction of sp³-hybridized carbons (Fsp3) is 0. The Balaban J connectivity index is 1.53. The average molecular weight is 468 g/mol. The number of rotatable bonds is 4. The van der Waals surface area contributed by atoms with Gasteiger partial charge in [0.25, 0.3) is 11.6 Å². The first kappa shape index (κ1) is 21.2. The molecule has 160 valence electrons. The maximum atomic E-state index is 12.9. The zero-order valence-corrected chi connectivity index (χ0v) is 17.7. The van der Waals surface area contributed by atoms with E-state index < -0.39 is 10.8 Å². The summed E-state index contributed by atoms with van der Waals surface area (Å²) in [5.74, 6) is 0.0564. The van der Waals surface area contributed by atoms with Crippen molar-refractivity contribution in [2.24, 2.45) is 0 Å². The van der Waals surface area contributed by atoms with Crippen molar-refractivity contribution in [1.82, 2.24) is 15.8 Å². The molecule has 32 heavy (non-hydrogen) atoms. The third-order valence-corrected chi connectivity index (χ3v) is 4.97. The molecule has 9 nitrogen and oxygen atoms in total. The number of non-ortho nitro benzene ring substituents is 1. The zero-order chi connectivity index (χ0) is 22.7. The normalized spacial score (nSPS) is 10.5. The van der Waals surface area contributed by atoms with Gasteiger partial charge in [0.2, 0.25) is 0 Å². The van der Waals surface area contributed by atoms with E-state index in [4.69, 9.17) is 28.2 Å². The molecule has 4 rings (SSSR count). The van der Waals surface area contributed by atoms with Crippen molar-refractivity contribution in [3.8, 4) is 11.5 Å². The van der Waals surface area contributed by atoms with Crippen LogP contribution in [0, 0.1) is 10.1 Å². The quantitative estimate of drug-likeness (QED) is 0.224. The van der Waals surface area contributed by atoms with Gasteiger partial charge in [0.05, 0.1) is 33.0 Å². The Morgan fingerprint density at radius 3 is 2.66 bits per heavy atom. The lowest BCUT2D eigenvalue weighted by atomic mass is 10.1. The van der Waals surface area contributed by atoms with Gasteiger partial charge in [-0.1, -0.05) is 29.8 Å². The number of anilines is 1. The molecule has 0 fully saturated rings. The third-order valence-electron chi connectivity index (χ3n) is 4.43. The summed E-state index contributed by atoms with van der Waals surface area (Å²) in [6.45, 7) is 0. The molecule has 0 aliphatic rings. The number of carbonyl (C=O) groups is 1. The molecular weight excluding hydrogens is 454 g/mol. The van der Waals surface area contributed by atoms with Gasteiger partial charge in [-0.2, -0.15) is 0 Å². The summed E-state index contributed by atoms with van der Waals surface area (Å²) in [6, 6.07) is 16.2. The number of hydrogen-bond donors (Lipinski definition) is 3. The van der Waals surface area contributed by atoms with Crippen molar-refractivity contribution in [1.29, 1.82) is 0 Å². The fourth-order valence-electron chi connectivity index (χ4n) is 2.97. The molecule has 0 aliphatic carbocycles. The van der Waals surface area contributed by atoms with Crippen molar-refractivity contribution in [3.63, 3.8) is 0 Å². The first-order valence-electron chi connectivity index (χ1n) is 9.17. The largest absolute Gasteiger partial charge is 0.463 e. The molecule has 0 saturated heterocycles. The van der Waals surface area contributed by atoms with Gasteiger partial charge in [-0.15, -0.1) is 0 Å². The molecule has 0 radical (unpaired) electrons. The first-order valence-corrected chi connectivity index (χ1v) is 9.96. The van der Waals surface area contributed by atoms with Crippen LogP contribution in [0.5, 0.6) is 0 Å². The van der Waals surface area contributed by atoms with Crippen LogP contribution in [-0.2, 0) is 0 Å². The van der Waals surface area contributed by atoms with E-state index in [1.165, 1.54) is 24.5 Å². The van der Waals surface area contributed by atoms with Crippen LogP contribution < -0.4 is 16.2 Å². The minimum absolute atomic E-state index is 0.00892. The topological polar surface area (TPSA) is 122 Å². The van der Waals surface area contributed by atoms with E-state index in [2.05, 4.69) is 21.2 Å². The van der Waals surface area contributed by atoms with Crippen LogP contribution >= 0.6 is 23.8 Å². The molecular formula is C21H14ClN5O4S. The number of pyridine rings is 1. The number of hydrogen-bond acceptors (Lipinski definition) is 6. The Hall–Kier alpha value is -4.02. The van der Waals surface area contributed by atoms with E-state index >= 15 is 0 Å². The summed E-state index contributed by atoms with van der Waals surface area (Å²) in [7, 11) is 0. The predicted octanol–water partition coefficient (Wildman–Crippen LogP) is 4.69. The van der Waals surface area contributed by atoms with E-state index in [9.17, 15) is 14.9 Å². The molecule has 0 aliphatic heterocycles. The molecule has 0 spiro atoms. The second kappa shape index (κ2) is 9.00. The number of halogens is 1. The maximum Gasteiger partial charge on any atom is 0.271 e. The molecule has 3 N–H and O–H groups in total. The lowest BCUT2D eigenvalue weighted by Crippen LogP contribution is -2.43. The van der Waals surface area contributed by atoms with Gasteiger partial charge < -0.3 is 9.73 Å². The standard InChI is InChI=1S/C21H14ClN5O4S/c22-15-8-7-12(27(29)30)10-17(15)24-21(32)26-25-20(28)14-11-18(19-6-3-9-31-19)23-16-5-2-1-4-13(14)16/h1-11H,(H,25,28)(H2,24,26,32). The van der Waals surface area contributed by atoms with E-state index in [0.29, 0.717) is 27.9 Å². The van der Waals surface area contributed by atoms with Gasteiger partial charge in [0, 0.05) is 17.5 Å². The number of hydrazine groups is 1. The number of nitrogens with one attached hydrogen (secondary N) is 3. The molecule has 1 amide bonds. The van der Waals surface area contributed by atoms with Crippen molar-refractivity contribution in [3.05, 3.63) is 87.6 Å². The minimum Gasteiger partial charge on any atom is -0.463 e. The molecule has 11 heteroatoms. The molecule has 4 aromatic rings. The van der Waals surface area contributed by atoms with Crippen molar-refractivity contribution in [2.75, 3.05) is 5.32 Å². The Kier molecular flexibility index (Phi) is 5.97. The van der Waals surface area contributed by atoms with Crippen LogP contribution in [0.15, 0.2) is 71.3 Å². The summed E-state index contributed by atoms with van der Waals surface area (Å²) in [4.78, 5) is 27.9. The number of amides is 1. The number of fused-ring (bicyclic) bond motifs is 1. The highest BCUT2D eigenvalue weighted by molar-refractivity contribution is 7.80. The smallest absolute Gasteiger partial charge is 0.271 e. The highest BCUT2D eigenvalue weighted by Gasteiger charge is 2.16. The van der Waals surface area contributed by atoms with Gasteiger partial charge in [-0.3, -0.25) is 25.8 Å². The van der Waals surface area contributed by atoms with Crippen LogP contribution in [0.25, 0.3) is 22.4 Å². The number of carbonyl (C=O) groups excluding carboxylic acids is 1. The van der Waals surface area contributed by atoms with E-state index in [1.807, 2.05) is 6.07 Å². The summed E-state index contributed by atoms with van der Waals surface area (Å²) >= 11 is 11.2. The molecule has 0 bridgehead atoms. The Labute approximate surface area is 191 Å². The van der Waals surface area contributed by atoms with Crippen molar-refractivity contribution < 1.29 is 14.1 Å². The van der Waals surface area contributed by atoms with Crippen molar-refractivity contribution >= 4 is 57.1 Å². The predicted molar refractivity (Wildman–Crippen MR) is 124 cm³/mol. The second-order valence-electron chi connectivity index (χ2n) is 6.50. The van der Waals surface area contributed by atoms with Crippen LogP contribution in [0.1, 0.15) is 10.4 Å². The summed E-state index contributed by atoms with van der Waals surface area (Å²) in [5.41, 5.74) is 6.63. The molecule has 0 unspecified atom stereocenters. The number of nitro benzene ring substituents is 1. The Morgan fingerprint density at radius 1 is 1.09 bits per heavy atom. The summed E-state index contributed by atoms with van der Waals surface area (Å²) in [5, 5.41) is 14.5. The SMILES string of the molecule is O=C(NNC(=S)Nc1cc([N+](=O)[O-])ccc1Cl)c1cc(-c2ccco2)nc2ccccc12. The molecule has 0 atom stereocenters. The lowest BCUT2D eigenvalue weighted by Gasteiger charge is -2.14. The molecule has 2 heterocycles. The first-order chi connectivity index (χ1) is 15.4. The fourth-order valence-corrected chi connectivity index (χ4v) is 3.30. The van der Waals surface area contributed by atoms with Crippen LogP contribution in [0.3, 0.4) is 0 Å². The van der Waals surface area contributed by atoms with Crippen molar-refractivity contribution in [2.45, 2.75) is 0 Å². The highest BCUT2D eigenvalue weighted by atomic mass is 35.5. The van der Waals surface area contributed by atoms with Gasteiger partial charge in [-0.25, -0.2) is 4.98 Å². The number of nitro groups is 1. The number of furan rings is 1. The van der Waals surface area contributed by atoms with Gasteiger partial charge in [0.15, 0.2) is 10.9 Å². The number of para-hydroxylation sites is 1.